The predicted octanol–water partition coefficient (Wildman–Crippen LogP) is 4.20. The molecule has 0 saturated carbocycles. The van der Waals surface area contributed by atoms with Gasteiger partial charge in [0.05, 0.1) is 5.02 Å². The smallest absolute Gasteiger partial charge is 0.244 e. The zero-order valence-corrected chi connectivity index (χ0v) is 17.4. The summed E-state index contributed by atoms with van der Waals surface area (Å²) in [5, 5.41) is 0.396. The number of hydrogen-bond donors (Lipinski definition) is 0. The van der Waals surface area contributed by atoms with Gasteiger partial charge < -0.3 is 4.90 Å². The number of nitrogens with zero attached hydrogens (tertiary/aromatic N) is 2. The van der Waals surface area contributed by atoms with Crippen LogP contribution in [0.5, 0.6) is 0 Å². The molecule has 1 heterocycles. The second kappa shape index (κ2) is 8.37. The molecule has 0 radical (unpaired) electrons. The first-order valence-electron chi connectivity index (χ1n) is 8.68. The molecule has 9 heteroatoms. The number of benzene rings is 2. The van der Waals surface area contributed by atoms with E-state index < -0.39 is 10.0 Å². The lowest BCUT2D eigenvalue weighted by Gasteiger charge is -2.32. The van der Waals surface area contributed by atoms with Gasteiger partial charge in [-0.15, -0.1) is 0 Å². The first-order chi connectivity index (χ1) is 13.2. The number of rotatable bonds is 4. The summed E-state index contributed by atoms with van der Waals surface area (Å²) in [6.07, 6.45) is 0.781. The number of sulfonamides is 1. The maximum absolute atomic E-state index is 13.1. The molecular weight excluding hydrogens is 426 g/mol. The van der Waals surface area contributed by atoms with Crippen molar-refractivity contribution in [3.05, 3.63) is 58.3 Å². The standard InChI is InChI=1S/C19H19Cl2FN2O3S/c1-23(16-5-3-15(22)4-6-16)19(25)13-8-10-24(11-9-13)28(26,27)18-12-14(20)2-7-17(18)21/h2-7,12-13H,8-11H2,1H3. The van der Waals surface area contributed by atoms with Crippen LogP contribution in [0.1, 0.15) is 12.8 Å². The average molecular weight is 445 g/mol. The molecule has 0 N–H and O–H groups in total. The molecule has 150 valence electrons. The maximum atomic E-state index is 13.1. The van der Waals surface area contributed by atoms with Crippen LogP contribution in [0.25, 0.3) is 0 Å². The van der Waals surface area contributed by atoms with Gasteiger partial charge in [-0.2, -0.15) is 4.31 Å². The van der Waals surface area contributed by atoms with Gasteiger partial charge in [-0.25, -0.2) is 12.8 Å². The van der Waals surface area contributed by atoms with Crippen LogP contribution >= 0.6 is 23.2 Å². The zero-order chi connectivity index (χ0) is 20.5. The minimum atomic E-state index is -3.79. The second-order valence-electron chi connectivity index (χ2n) is 6.63. The summed E-state index contributed by atoms with van der Waals surface area (Å²) < 4.78 is 40.1. The van der Waals surface area contributed by atoms with Gasteiger partial charge in [0.2, 0.25) is 15.9 Å². The first kappa shape index (κ1) is 21.0. The van der Waals surface area contributed by atoms with Gasteiger partial charge >= 0.3 is 0 Å². The highest BCUT2D eigenvalue weighted by Gasteiger charge is 2.34. The Bertz CT molecular complexity index is 975. The van der Waals surface area contributed by atoms with E-state index in [1.165, 1.54) is 51.7 Å². The van der Waals surface area contributed by atoms with Crippen LogP contribution < -0.4 is 4.90 Å². The summed E-state index contributed by atoms with van der Waals surface area (Å²) in [6, 6.07) is 9.97. The van der Waals surface area contributed by atoms with Crippen LogP contribution in [0.15, 0.2) is 47.4 Å². The minimum absolute atomic E-state index is 0.0325. The highest BCUT2D eigenvalue weighted by molar-refractivity contribution is 7.89. The summed E-state index contributed by atoms with van der Waals surface area (Å²) in [5.74, 6) is -0.802. The van der Waals surface area contributed by atoms with E-state index in [0.717, 1.165) is 0 Å². The number of carbonyl (C=O) groups excluding carboxylic acids is 1. The van der Waals surface area contributed by atoms with Crippen molar-refractivity contribution < 1.29 is 17.6 Å². The Kier molecular flexibility index (Phi) is 6.29. The Balaban J connectivity index is 1.69. The molecule has 5 nitrogen and oxygen atoms in total. The predicted molar refractivity (Wildman–Crippen MR) is 108 cm³/mol. The van der Waals surface area contributed by atoms with E-state index in [9.17, 15) is 17.6 Å². The Morgan fingerprint density at radius 3 is 2.32 bits per heavy atom. The van der Waals surface area contributed by atoms with Gasteiger partial charge in [0.1, 0.15) is 10.7 Å². The van der Waals surface area contributed by atoms with Gasteiger partial charge in [0.25, 0.3) is 0 Å². The highest BCUT2D eigenvalue weighted by atomic mass is 35.5. The summed E-state index contributed by atoms with van der Waals surface area (Å²) >= 11 is 12.0. The van der Waals surface area contributed by atoms with Crippen molar-refractivity contribution in [3.8, 4) is 0 Å². The topological polar surface area (TPSA) is 57.7 Å². The molecule has 1 amide bonds. The molecule has 28 heavy (non-hydrogen) atoms. The average Bonchev–Trinajstić information content (AvgIpc) is 2.69. The molecule has 0 spiro atoms. The van der Waals surface area contributed by atoms with E-state index in [2.05, 4.69) is 0 Å². The maximum Gasteiger partial charge on any atom is 0.244 e. The van der Waals surface area contributed by atoms with Crippen molar-refractivity contribution in [1.29, 1.82) is 0 Å². The molecule has 1 saturated heterocycles. The molecule has 3 rings (SSSR count). The van der Waals surface area contributed by atoms with E-state index in [1.807, 2.05) is 0 Å². The van der Waals surface area contributed by atoms with E-state index in [1.54, 1.807) is 7.05 Å². The van der Waals surface area contributed by atoms with Crippen molar-refractivity contribution in [1.82, 2.24) is 4.31 Å². The fraction of sp³-hybridized carbons (Fsp3) is 0.316. The van der Waals surface area contributed by atoms with Crippen molar-refractivity contribution >= 4 is 44.8 Å². The number of hydrogen-bond acceptors (Lipinski definition) is 3. The quantitative estimate of drug-likeness (QED) is 0.709. The van der Waals surface area contributed by atoms with Crippen molar-refractivity contribution in [2.24, 2.45) is 5.92 Å². The Morgan fingerprint density at radius 1 is 1.11 bits per heavy atom. The van der Waals surface area contributed by atoms with E-state index in [0.29, 0.717) is 18.5 Å². The van der Waals surface area contributed by atoms with Gasteiger partial charge in [0, 0.05) is 36.8 Å². The lowest BCUT2D eigenvalue weighted by atomic mass is 9.96. The third-order valence-corrected chi connectivity index (χ3v) is 7.47. The largest absolute Gasteiger partial charge is 0.315 e. The molecule has 1 aliphatic rings. The number of halogens is 3. The number of amides is 1. The van der Waals surface area contributed by atoms with Gasteiger partial charge in [-0.1, -0.05) is 23.2 Å². The van der Waals surface area contributed by atoms with Crippen LogP contribution in [0.3, 0.4) is 0 Å². The van der Waals surface area contributed by atoms with Crippen LogP contribution in [0, 0.1) is 11.7 Å². The fourth-order valence-corrected chi connectivity index (χ4v) is 5.43. The number of anilines is 1. The summed E-state index contributed by atoms with van der Waals surface area (Å²) in [6.45, 7) is 0.414. The Hall–Kier alpha value is -1.67. The van der Waals surface area contributed by atoms with Crippen molar-refractivity contribution in [2.45, 2.75) is 17.7 Å². The van der Waals surface area contributed by atoms with E-state index in [-0.39, 0.29) is 45.7 Å². The Labute approximate surface area is 173 Å². The van der Waals surface area contributed by atoms with Crippen molar-refractivity contribution in [3.63, 3.8) is 0 Å². The normalized spacial score (nSPS) is 16.1. The third kappa shape index (κ3) is 4.33. The SMILES string of the molecule is CN(C(=O)C1CCN(S(=O)(=O)c2cc(Cl)ccc2Cl)CC1)c1ccc(F)cc1. The molecule has 2 aromatic rings. The van der Waals surface area contributed by atoms with Gasteiger partial charge in [-0.3, -0.25) is 4.79 Å². The molecule has 0 unspecified atom stereocenters. The van der Waals surface area contributed by atoms with Crippen LogP contribution in [-0.2, 0) is 14.8 Å². The Morgan fingerprint density at radius 2 is 1.71 bits per heavy atom. The van der Waals surface area contributed by atoms with Crippen LogP contribution in [-0.4, -0.2) is 38.8 Å². The first-order valence-corrected chi connectivity index (χ1v) is 10.9. The molecule has 0 bridgehead atoms. The minimum Gasteiger partial charge on any atom is -0.315 e. The lowest BCUT2D eigenvalue weighted by molar-refractivity contribution is -0.123. The van der Waals surface area contributed by atoms with E-state index >= 15 is 0 Å². The fourth-order valence-electron chi connectivity index (χ4n) is 3.22. The van der Waals surface area contributed by atoms with Gasteiger partial charge in [0.15, 0.2) is 0 Å². The second-order valence-corrected chi connectivity index (χ2v) is 9.38. The molecule has 0 atom stereocenters. The summed E-state index contributed by atoms with van der Waals surface area (Å²) in [7, 11) is -2.16. The molecule has 1 fully saturated rings. The van der Waals surface area contributed by atoms with Crippen LogP contribution in [0.2, 0.25) is 10.0 Å². The molecule has 0 aromatic heterocycles. The molecule has 0 aliphatic carbocycles. The molecule has 2 aromatic carbocycles. The lowest BCUT2D eigenvalue weighted by Crippen LogP contribution is -2.43. The molecular formula is C19H19Cl2FN2O3S. The third-order valence-electron chi connectivity index (χ3n) is 4.86. The van der Waals surface area contributed by atoms with E-state index in [4.69, 9.17) is 23.2 Å². The summed E-state index contributed by atoms with van der Waals surface area (Å²) in [5.41, 5.74) is 0.590. The zero-order valence-electron chi connectivity index (χ0n) is 15.1. The highest BCUT2D eigenvalue weighted by Crippen LogP contribution is 2.31. The number of piperidine rings is 1. The monoisotopic (exact) mass is 444 g/mol. The number of carbonyl (C=O) groups is 1. The van der Waals surface area contributed by atoms with Crippen LogP contribution in [0.4, 0.5) is 10.1 Å². The van der Waals surface area contributed by atoms with Crippen molar-refractivity contribution in [2.75, 3.05) is 25.0 Å². The summed E-state index contributed by atoms with van der Waals surface area (Å²) in [4.78, 5) is 14.2. The molecule has 1 aliphatic heterocycles. The van der Waals surface area contributed by atoms with Gasteiger partial charge in [-0.05, 0) is 55.3 Å².